The number of hydrogen-bond acceptors (Lipinski definition) is 2. The Labute approximate surface area is 105 Å². The minimum Gasteiger partial charge on any atom is -0.309 e. The number of piperazine rings is 1. The third-order valence-electron chi connectivity index (χ3n) is 4.50. The molecule has 0 bridgehead atoms. The normalized spacial score (nSPS) is 28.4. The zero-order chi connectivity index (χ0) is 12.4. The summed E-state index contributed by atoms with van der Waals surface area (Å²) >= 11 is 0. The summed E-state index contributed by atoms with van der Waals surface area (Å²) in [5.41, 5.74) is 0.516. The molecule has 1 spiro atoms. The van der Waals surface area contributed by atoms with Crippen molar-refractivity contribution in [3.63, 3.8) is 0 Å². The fourth-order valence-corrected chi connectivity index (χ4v) is 3.49. The predicted octanol–water partition coefficient (Wildman–Crippen LogP) is 2.73. The molecular weight excluding hydrogens is 215 g/mol. The van der Waals surface area contributed by atoms with Gasteiger partial charge < -0.3 is 5.32 Å². The van der Waals surface area contributed by atoms with E-state index in [1.807, 2.05) is 0 Å². The van der Waals surface area contributed by atoms with Crippen LogP contribution in [0.2, 0.25) is 0 Å². The monoisotopic (exact) mass is 242 g/mol. The summed E-state index contributed by atoms with van der Waals surface area (Å²) in [5, 5.41) is 3.69. The Bertz CT molecular complexity index is 247. The molecular formula is C14H27FN2. The molecule has 1 aliphatic heterocycles. The van der Waals surface area contributed by atoms with Gasteiger partial charge in [-0.1, -0.05) is 19.3 Å². The molecule has 0 aromatic heterocycles. The fraction of sp³-hybridized carbons (Fsp3) is 1.00. The molecule has 0 amide bonds. The lowest BCUT2D eigenvalue weighted by molar-refractivity contribution is -0.0114. The topological polar surface area (TPSA) is 15.3 Å². The molecule has 0 atom stereocenters. The fourth-order valence-electron chi connectivity index (χ4n) is 3.49. The highest BCUT2D eigenvalue weighted by atomic mass is 19.1. The van der Waals surface area contributed by atoms with E-state index in [2.05, 4.69) is 24.1 Å². The van der Waals surface area contributed by atoms with Crippen LogP contribution in [-0.2, 0) is 0 Å². The van der Waals surface area contributed by atoms with Crippen molar-refractivity contribution in [2.45, 2.75) is 63.5 Å². The largest absolute Gasteiger partial charge is 0.309 e. The van der Waals surface area contributed by atoms with Crippen LogP contribution in [0.4, 0.5) is 4.39 Å². The number of hydrogen-bond donors (Lipinski definition) is 1. The van der Waals surface area contributed by atoms with Crippen molar-refractivity contribution in [3.05, 3.63) is 0 Å². The Morgan fingerprint density at radius 2 is 1.88 bits per heavy atom. The van der Waals surface area contributed by atoms with Crippen LogP contribution >= 0.6 is 0 Å². The van der Waals surface area contributed by atoms with E-state index < -0.39 is 0 Å². The first-order chi connectivity index (χ1) is 8.08. The van der Waals surface area contributed by atoms with Gasteiger partial charge in [-0.3, -0.25) is 9.29 Å². The zero-order valence-electron chi connectivity index (χ0n) is 11.4. The standard InChI is InChI=1S/C14H27FN2/c1-13(2)12-17(10-6-9-15)14(11-16-13)7-4-3-5-8-14/h16H,3-12H2,1-2H3. The van der Waals surface area contributed by atoms with E-state index in [1.54, 1.807) is 0 Å². The molecule has 2 nitrogen and oxygen atoms in total. The van der Waals surface area contributed by atoms with Gasteiger partial charge in [-0.05, 0) is 33.1 Å². The van der Waals surface area contributed by atoms with Gasteiger partial charge in [-0.15, -0.1) is 0 Å². The number of halogens is 1. The highest BCUT2D eigenvalue weighted by molar-refractivity contribution is 5.03. The first kappa shape index (κ1) is 13.3. The summed E-state index contributed by atoms with van der Waals surface area (Å²) in [4.78, 5) is 2.59. The summed E-state index contributed by atoms with van der Waals surface area (Å²) in [5.74, 6) is 0. The molecule has 1 heterocycles. The molecule has 2 fully saturated rings. The molecule has 17 heavy (non-hydrogen) atoms. The predicted molar refractivity (Wildman–Crippen MR) is 70.1 cm³/mol. The average Bonchev–Trinajstić information content (AvgIpc) is 2.32. The van der Waals surface area contributed by atoms with Gasteiger partial charge in [-0.25, -0.2) is 0 Å². The molecule has 100 valence electrons. The van der Waals surface area contributed by atoms with Crippen LogP contribution in [0.5, 0.6) is 0 Å². The van der Waals surface area contributed by atoms with Gasteiger partial charge in [0.1, 0.15) is 0 Å². The quantitative estimate of drug-likeness (QED) is 0.818. The van der Waals surface area contributed by atoms with Crippen molar-refractivity contribution in [3.8, 4) is 0 Å². The van der Waals surface area contributed by atoms with Crippen LogP contribution in [0, 0.1) is 0 Å². The SMILES string of the molecule is CC1(C)CN(CCCF)C2(CCCCC2)CN1. The lowest BCUT2D eigenvalue weighted by atomic mass is 9.77. The molecule has 1 saturated heterocycles. The number of rotatable bonds is 3. The Hall–Kier alpha value is -0.150. The molecule has 0 radical (unpaired) electrons. The Kier molecular flexibility index (Phi) is 4.09. The maximum Gasteiger partial charge on any atom is 0.0906 e. The van der Waals surface area contributed by atoms with Crippen LogP contribution in [0.25, 0.3) is 0 Å². The first-order valence-corrected chi connectivity index (χ1v) is 7.14. The van der Waals surface area contributed by atoms with E-state index in [0.29, 0.717) is 12.0 Å². The Morgan fingerprint density at radius 3 is 2.53 bits per heavy atom. The highest BCUT2D eigenvalue weighted by Gasteiger charge is 2.43. The number of nitrogens with zero attached hydrogens (tertiary/aromatic N) is 1. The third-order valence-corrected chi connectivity index (χ3v) is 4.50. The van der Waals surface area contributed by atoms with E-state index in [0.717, 1.165) is 19.6 Å². The molecule has 1 aliphatic carbocycles. The highest BCUT2D eigenvalue weighted by Crippen LogP contribution is 2.36. The number of nitrogens with one attached hydrogen (secondary N) is 1. The second kappa shape index (κ2) is 5.23. The van der Waals surface area contributed by atoms with Gasteiger partial charge in [0.05, 0.1) is 6.67 Å². The smallest absolute Gasteiger partial charge is 0.0906 e. The molecule has 2 aliphatic rings. The summed E-state index contributed by atoms with van der Waals surface area (Å²) in [6.07, 6.45) is 7.34. The van der Waals surface area contributed by atoms with Crippen LogP contribution in [0.15, 0.2) is 0 Å². The second-order valence-electron chi connectivity index (χ2n) is 6.49. The second-order valence-corrected chi connectivity index (χ2v) is 6.49. The maximum atomic E-state index is 12.5. The molecule has 0 aromatic rings. The van der Waals surface area contributed by atoms with E-state index in [-0.39, 0.29) is 12.2 Å². The van der Waals surface area contributed by atoms with Crippen LogP contribution in [-0.4, -0.2) is 42.3 Å². The summed E-state index contributed by atoms with van der Waals surface area (Å²) in [6.45, 7) is 7.41. The summed E-state index contributed by atoms with van der Waals surface area (Å²) < 4.78 is 12.5. The van der Waals surface area contributed by atoms with Crippen molar-refractivity contribution in [2.75, 3.05) is 26.3 Å². The van der Waals surface area contributed by atoms with E-state index in [1.165, 1.54) is 32.1 Å². The van der Waals surface area contributed by atoms with Gasteiger partial charge in [-0.2, -0.15) is 0 Å². The lowest BCUT2D eigenvalue weighted by Gasteiger charge is -2.54. The van der Waals surface area contributed by atoms with E-state index in [9.17, 15) is 4.39 Å². The Balaban J connectivity index is 2.06. The van der Waals surface area contributed by atoms with Crippen molar-refractivity contribution in [1.29, 1.82) is 0 Å². The van der Waals surface area contributed by atoms with Crippen LogP contribution < -0.4 is 5.32 Å². The molecule has 3 heteroatoms. The van der Waals surface area contributed by atoms with Gasteiger partial charge in [0.15, 0.2) is 0 Å². The van der Waals surface area contributed by atoms with Crippen LogP contribution in [0.1, 0.15) is 52.4 Å². The van der Waals surface area contributed by atoms with Gasteiger partial charge in [0.2, 0.25) is 0 Å². The molecule has 2 rings (SSSR count). The third kappa shape index (κ3) is 3.00. The molecule has 1 saturated carbocycles. The van der Waals surface area contributed by atoms with Crippen molar-refractivity contribution >= 4 is 0 Å². The van der Waals surface area contributed by atoms with Gasteiger partial charge in [0, 0.05) is 30.7 Å². The van der Waals surface area contributed by atoms with Crippen molar-refractivity contribution in [2.24, 2.45) is 0 Å². The average molecular weight is 242 g/mol. The zero-order valence-corrected chi connectivity index (χ0v) is 11.4. The van der Waals surface area contributed by atoms with Gasteiger partial charge >= 0.3 is 0 Å². The first-order valence-electron chi connectivity index (χ1n) is 7.14. The van der Waals surface area contributed by atoms with E-state index >= 15 is 0 Å². The summed E-state index contributed by atoms with van der Waals surface area (Å²) in [6, 6.07) is 0. The molecule has 1 N–H and O–H groups in total. The van der Waals surface area contributed by atoms with E-state index in [4.69, 9.17) is 0 Å². The maximum absolute atomic E-state index is 12.5. The number of alkyl halides is 1. The minimum atomic E-state index is -0.180. The van der Waals surface area contributed by atoms with Crippen molar-refractivity contribution in [1.82, 2.24) is 10.2 Å². The van der Waals surface area contributed by atoms with Crippen LogP contribution in [0.3, 0.4) is 0 Å². The lowest BCUT2D eigenvalue weighted by Crippen LogP contribution is -2.68. The molecule has 0 aromatic carbocycles. The minimum absolute atomic E-state index is 0.180. The molecule has 0 unspecified atom stereocenters. The summed E-state index contributed by atoms with van der Waals surface area (Å²) in [7, 11) is 0. The van der Waals surface area contributed by atoms with Gasteiger partial charge in [0.25, 0.3) is 0 Å². The Morgan fingerprint density at radius 1 is 1.18 bits per heavy atom. The van der Waals surface area contributed by atoms with Crippen molar-refractivity contribution < 1.29 is 4.39 Å².